The molecule has 0 saturated carbocycles. The van der Waals surface area contributed by atoms with Crippen LogP contribution in [0.3, 0.4) is 0 Å². The first kappa shape index (κ1) is 13.2. The molecule has 4 heteroatoms. The average Bonchev–Trinajstić information content (AvgIpc) is 2.86. The van der Waals surface area contributed by atoms with Gasteiger partial charge in [-0.2, -0.15) is 0 Å². The standard InChI is InChI=1S/C16H21N3O/c1-2-11(9-17)16(20)19-8-7-15-13(10-19)12-5-3-4-6-14(12)18-15/h3-6,11,18H,2,7-10,17H2,1H3. The second-order valence-corrected chi connectivity index (χ2v) is 5.48. The zero-order chi connectivity index (χ0) is 14.1. The molecule has 1 aromatic heterocycles. The number of benzene rings is 1. The molecule has 20 heavy (non-hydrogen) atoms. The summed E-state index contributed by atoms with van der Waals surface area (Å²) in [6, 6.07) is 8.30. The van der Waals surface area contributed by atoms with Gasteiger partial charge in [0.1, 0.15) is 0 Å². The van der Waals surface area contributed by atoms with E-state index in [0.717, 1.165) is 24.9 Å². The van der Waals surface area contributed by atoms with Crippen molar-refractivity contribution in [2.45, 2.75) is 26.3 Å². The summed E-state index contributed by atoms with van der Waals surface area (Å²) in [6.07, 6.45) is 1.71. The number of nitrogens with two attached hydrogens (primary N) is 1. The van der Waals surface area contributed by atoms with Crippen molar-refractivity contribution in [1.82, 2.24) is 9.88 Å². The largest absolute Gasteiger partial charge is 0.358 e. The van der Waals surface area contributed by atoms with Crippen LogP contribution < -0.4 is 5.73 Å². The quantitative estimate of drug-likeness (QED) is 0.897. The fraction of sp³-hybridized carbons (Fsp3) is 0.438. The maximum absolute atomic E-state index is 12.5. The normalized spacial score (nSPS) is 16.2. The molecule has 1 unspecified atom stereocenters. The van der Waals surface area contributed by atoms with Crippen LogP contribution in [-0.4, -0.2) is 28.9 Å². The molecule has 1 amide bonds. The highest BCUT2D eigenvalue weighted by Crippen LogP contribution is 2.28. The molecular weight excluding hydrogens is 250 g/mol. The Balaban J connectivity index is 1.89. The Hall–Kier alpha value is -1.81. The van der Waals surface area contributed by atoms with Gasteiger partial charge in [-0.3, -0.25) is 4.79 Å². The molecule has 0 spiro atoms. The minimum absolute atomic E-state index is 0.0400. The summed E-state index contributed by atoms with van der Waals surface area (Å²) in [5, 5.41) is 1.24. The zero-order valence-electron chi connectivity index (χ0n) is 11.9. The van der Waals surface area contributed by atoms with E-state index < -0.39 is 0 Å². The van der Waals surface area contributed by atoms with Gasteiger partial charge in [-0.15, -0.1) is 0 Å². The summed E-state index contributed by atoms with van der Waals surface area (Å²) in [4.78, 5) is 17.9. The lowest BCUT2D eigenvalue weighted by atomic mass is 10.0. The maximum Gasteiger partial charge on any atom is 0.227 e. The van der Waals surface area contributed by atoms with E-state index in [0.29, 0.717) is 13.1 Å². The van der Waals surface area contributed by atoms with Crippen LogP contribution in [0.4, 0.5) is 0 Å². The Bertz CT molecular complexity index is 628. The van der Waals surface area contributed by atoms with Crippen LogP contribution in [0, 0.1) is 5.92 Å². The Kier molecular flexibility index (Phi) is 3.49. The van der Waals surface area contributed by atoms with Gasteiger partial charge in [-0.1, -0.05) is 25.1 Å². The Morgan fingerprint density at radius 2 is 2.25 bits per heavy atom. The van der Waals surface area contributed by atoms with Gasteiger partial charge in [0.15, 0.2) is 0 Å². The van der Waals surface area contributed by atoms with Crippen molar-refractivity contribution >= 4 is 16.8 Å². The lowest BCUT2D eigenvalue weighted by Gasteiger charge is -2.30. The molecule has 0 bridgehead atoms. The minimum atomic E-state index is -0.0400. The average molecular weight is 271 g/mol. The predicted molar refractivity (Wildman–Crippen MR) is 80.3 cm³/mol. The van der Waals surface area contributed by atoms with Crippen LogP contribution in [0.15, 0.2) is 24.3 Å². The monoisotopic (exact) mass is 271 g/mol. The molecule has 1 atom stereocenters. The third-order valence-electron chi connectivity index (χ3n) is 4.32. The first-order chi connectivity index (χ1) is 9.74. The number of amides is 1. The number of H-pyrrole nitrogens is 1. The number of rotatable bonds is 3. The summed E-state index contributed by atoms with van der Waals surface area (Å²) in [5.74, 6) is 0.160. The van der Waals surface area contributed by atoms with E-state index >= 15 is 0 Å². The van der Waals surface area contributed by atoms with Crippen molar-refractivity contribution in [3.05, 3.63) is 35.5 Å². The van der Waals surface area contributed by atoms with Gasteiger partial charge in [0.25, 0.3) is 0 Å². The van der Waals surface area contributed by atoms with Gasteiger partial charge >= 0.3 is 0 Å². The first-order valence-corrected chi connectivity index (χ1v) is 7.32. The number of hydrogen-bond donors (Lipinski definition) is 2. The molecule has 1 aromatic carbocycles. The zero-order valence-corrected chi connectivity index (χ0v) is 11.9. The van der Waals surface area contributed by atoms with Crippen LogP contribution in [0.25, 0.3) is 10.9 Å². The van der Waals surface area contributed by atoms with E-state index in [-0.39, 0.29) is 11.8 Å². The van der Waals surface area contributed by atoms with Crippen LogP contribution in [-0.2, 0) is 17.8 Å². The highest BCUT2D eigenvalue weighted by Gasteiger charge is 2.27. The molecule has 0 radical (unpaired) electrons. The van der Waals surface area contributed by atoms with Crippen LogP contribution in [0.5, 0.6) is 0 Å². The van der Waals surface area contributed by atoms with Crippen molar-refractivity contribution in [2.75, 3.05) is 13.1 Å². The molecule has 0 aliphatic carbocycles. The Morgan fingerprint density at radius 3 is 3.00 bits per heavy atom. The number of para-hydroxylation sites is 1. The summed E-state index contributed by atoms with van der Waals surface area (Å²) >= 11 is 0. The number of nitrogens with zero attached hydrogens (tertiary/aromatic N) is 1. The molecule has 1 aliphatic heterocycles. The van der Waals surface area contributed by atoms with Crippen molar-refractivity contribution in [2.24, 2.45) is 11.7 Å². The number of nitrogens with one attached hydrogen (secondary N) is 1. The fourth-order valence-corrected chi connectivity index (χ4v) is 3.05. The van der Waals surface area contributed by atoms with Crippen molar-refractivity contribution < 1.29 is 4.79 Å². The maximum atomic E-state index is 12.5. The summed E-state index contributed by atoms with van der Waals surface area (Å²) in [5.41, 5.74) is 9.41. The lowest BCUT2D eigenvalue weighted by molar-refractivity contribution is -0.136. The Morgan fingerprint density at radius 1 is 1.45 bits per heavy atom. The van der Waals surface area contributed by atoms with Crippen molar-refractivity contribution in [3.63, 3.8) is 0 Å². The van der Waals surface area contributed by atoms with Gasteiger partial charge < -0.3 is 15.6 Å². The third kappa shape index (κ3) is 2.10. The van der Waals surface area contributed by atoms with E-state index in [9.17, 15) is 4.79 Å². The number of carbonyl (C=O) groups is 1. The summed E-state index contributed by atoms with van der Waals surface area (Å²) in [7, 11) is 0. The highest BCUT2D eigenvalue weighted by atomic mass is 16.2. The molecule has 2 aromatic rings. The van der Waals surface area contributed by atoms with Crippen molar-refractivity contribution in [3.8, 4) is 0 Å². The first-order valence-electron chi connectivity index (χ1n) is 7.32. The second kappa shape index (κ2) is 5.29. The molecule has 4 nitrogen and oxygen atoms in total. The van der Waals surface area contributed by atoms with E-state index in [4.69, 9.17) is 5.73 Å². The number of carbonyl (C=O) groups excluding carboxylic acids is 1. The predicted octanol–water partition coefficient (Wildman–Crippen LogP) is 2.04. The van der Waals surface area contributed by atoms with Gasteiger partial charge in [-0.25, -0.2) is 0 Å². The highest BCUT2D eigenvalue weighted by molar-refractivity contribution is 5.86. The Labute approximate surface area is 118 Å². The topological polar surface area (TPSA) is 62.1 Å². The molecular formula is C16H21N3O. The van der Waals surface area contributed by atoms with E-state index in [2.05, 4.69) is 17.1 Å². The molecule has 3 N–H and O–H groups in total. The fourth-order valence-electron chi connectivity index (χ4n) is 3.05. The van der Waals surface area contributed by atoms with Gasteiger partial charge in [0.2, 0.25) is 5.91 Å². The van der Waals surface area contributed by atoms with Crippen LogP contribution in [0.2, 0.25) is 0 Å². The molecule has 0 fully saturated rings. The summed E-state index contributed by atoms with van der Waals surface area (Å²) < 4.78 is 0. The SMILES string of the molecule is CCC(CN)C(=O)N1CCc2[nH]c3ccccc3c2C1. The lowest BCUT2D eigenvalue weighted by Crippen LogP contribution is -2.41. The molecule has 2 heterocycles. The van der Waals surface area contributed by atoms with Gasteiger partial charge in [0, 0.05) is 48.2 Å². The second-order valence-electron chi connectivity index (χ2n) is 5.48. The number of aromatic amines is 1. The van der Waals surface area contributed by atoms with Crippen LogP contribution in [0.1, 0.15) is 24.6 Å². The minimum Gasteiger partial charge on any atom is -0.358 e. The molecule has 3 rings (SSSR count). The van der Waals surface area contributed by atoms with E-state index in [1.165, 1.54) is 16.6 Å². The number of fused-ring (bicyclic) bond motifs is 3. The van der Waals surface area contributed by atoms with Crippen LogP contribution >= 0.6 is 0 Å². The van der Waals surface area contributed by atoms with Gasteiger partial charge in [-0.05, 0) is 12.5 Å². The van der Waals surface area contributed by atoms with Crippen molar-refractivity contribution in [1.29, 1.82) is 0 Å². The summed E-state index contributed by atoms with van der Waals surface area (Å²) in [6.45, 7) is 3.95. The number of aromatic nitrogens is 1. The smallest absolute Gasteiger partial charge is 0.227 e. The molecule has 0 saturated heterocycles. The van der Waals surface area contributed by atoms with E-state index in [1.807, 2.05) is 24.0 Å². The number of hydrogen-bond acceptors (Lipinski definition) is 2. The van der Waals surface area contributed by atoms with E-state index in [1.54, 1.807) is 0 Å². The molecule has 106 valence electrons. The molecule has 1 aliphatic rings. The van der Waals surface area contributed by atoms with Gasteiger partial charge in [0.05, 0.1) is 5.92 Å². The third-order valence-corrected chi connectivity index (χ3v) is 4.32.